The number of carbonyl (C=O) groups is 1. The normalized spacial score (nSPS) is 15.6. The predicted molar refractivity (Wildman–Crippen MR) is 99.3 cm³/mol. The molecule has 7 heteroatoms. The van der Waals surface area contributed by atoms with E-state index in [1.54, 1.807) is 0 Å². The summed E-state index contributed by atoms with van der Waals surface area (Å²) in [5, 5.41) is 10.3. The lowest BCUT2D eigenvalue weighted by Crippen LogP contribution is -2.20. The maximum absolute atomic E-state index is 12.7. The van der Waals surface area contributed by atoms with Gasteiger partial charge in [-0.1, -0.05) is 49.5 Å². The molecule has 0 fully saturated rings. The van der Waals surface area contributed by atoms with Crippen LogP contribution in [0.5, 0.6) is 17.2 Å². The maximum atomic E-state index is 12.7. The Kier molecular flexibility index (Phi) is 5.37. The molecule has 4 nitrogen and oxygen atoms in total. The monoisotopic (exact) mass is 474 g/mol. The van der Waals surface area contributed by atoms with Crippen LogP contribution >= 0.6 is 43.5 Å². The Morgan fingerprint density at radius 3 is 2.54 bits per heavy atom. The van der Waals surface area contributed by atoms with E-state index >= 15 is 0 Å². The molecule has 0 radical (unpaired) electrons. The zero-order valence-electron chi connectivity index (χ0n) is 12.3. The van der Waals surface area contributed by atoms with Gasteiger partial charge in [0, 0.05) is 5.02 Å². The van der Waals surface area contributed by atoms with Gasteiger partial charge in [-0.2, -0.15) is 0 Å². The van der Waals surface area contributed by atoms with Crippen molar-refractivity contribution in [2.75, 3.05) is 13.2 Å². The van der Waals surface area contributed by atoms with Crippen molar-refractivity contribution >= 4 is 49.2 Å². The number of benzene rings is 2. The molecule has 1 aliphatic heterocycles. The molecule has 1 heterocycles. The van der Waals surface area contributed by atoms with E-state index in [1.165, 1.54) is 18.2 Å². The van der Waals surface area contributed by atoms with E-state index in [1.807, 2.05) is 18.2 Å². The van der Waals surface area contributed by atoms with Crippen molar-refractivity contribution in [1.29, 1.82) is 0 Å². The Labute approximate surface area is 161 Å². The van der Waals surface area contributed by atoms with E-state index < -0.39 is 4.83 Å². The number of phenols is 1. The van der Waals surface area contributed by atoms with Gasteiger partial charge in [-0.05, 0) is 35.9 Å². The van der Waals surface area contributed by atoms with Crippen LogP contribution in [0.3, 0.4) is 0 Å². The van der Waals surface area contributed by atoms with Crippen molar-refractivity contribution in [3.05, 3.63) is 52.5 Å². The molecule has 1 aliphatic rings. The van der Waals surface area contributed by atoms with E-state index in [4.69, 9.17) is 21.1 Å². The number of alkyl halides is 2. The van der Waals surface area contributed by atoms with Crippen LogP contribution in [0, 0.1) is 0 Å². The standard InChI is InChI=1S/C17H13Br2ClO4/c18-15(9-1-4-13-14(7-9)24-6-5-23-13)16(19)17(22)11-8-10(20)2-3-12(11)21/h1-4,7-8,15-16,21H,5-6H2/t15-,16-/m0/s1. The van der Waals surface area contributed by atoms with Crippen LogP contribution in [0.4, 0.5) is 0 Å². The van der Waals surface area contributed by atoms with Crippen LogP contribution in [0.2, 0.25) is 5.02 Å². The highest BCUT2D eigenvalue weighted by atomic mass is 79.9. The van der Waals surface area contributed by atoms with Crippen molar-refractivity contribution in [1.82, 2.24) is 0 Å². The van der Waals surface area contributed by atoms with Crippen molar-refractivity contribution in [2.24, 2.45) is 0 Å². The molecule has 0 saturated carbocycles. The third kappa shape index (κ3) is 3.55. The van der Waals surface area contributed by atoms with Gasteiger partial charge in [-0.15, -0.1) is 0 Å². The molecule has 3 rings (SSSR count). The quantitative estimate of drug-likeness (QED) is 0.504. The molecule has 0 spiro atoms. The van der Waals surface area contributed by atoms with Gasteiger partial charge >= 0.3 is 0 Å². The largest absolute Gasteiger partial charge is 0.507 e. The van der Waals surface area contributed by atoms with Crippen LogP contribution in [0.1, 0.15) is 20.7 Å². The number of halogens is 3. The molecule has 2 aromatic carbocycles. The second kappa shape index (κ2) is 7.33. The summed E-state index contributed by atoms with van der Waals surface area (Å²) in [5.41, 5.74) is 1.03. The van der Waals surface area contributed by atoms with Crippen LogP contribution in [0.15, 0.2) is 36.4 Å². The number of aromatic hydroxyl groups is 1. The topological polar surface area (TPSA) is 55.8 Å². The number of ketones is 1. The van der Waals surface area contributed by atoms with Crippen LogP contribution < -0.4 is 9.47 Å². The SMILES string of the molecule is O=C(c1cc(Cl)ccc1O)[C@@H](Br)[C@@H](Br)c1ccc2c(c1)OCCO2. The zero-order chi connectivity index (χ0) is 17.3. The van der Waals surface area contributed by atoms with Crippen molar-refractivity contribution in [3.63, 3.8) is 0 Å². The number of Topliss-reactive ketones (excluding diaryl/α,β-unsaturated/α-hetero) is 1. The van der Waals surface area contributed by atoms with E-state index in [2.05, 4.69) is 31.9 Å². The number of hydrogen-bond donors (Lipinski definition) is 1. The molecule has 0 saturated heterocycles. The molecule has 0 bridgehead atoms. The van der Waals surface area contributed by atoms with Gasteiger partial charge in [0.2, 0.25) is 0 Å². The lowest BCUT2D eigenvalue weighted by atomic mass is 10.0. The average Bonchev–Trinajstić information content (AvgIpc) is 2.61. The number of carbonyl (C=O) groups excluding carboxylic acids is 1. The fourth-order valence-corrected chi connectivity index (χ4v) is 3.64. The zero-order valence-corrected chi connectivity index (χ0v) is 16.3. The molecule has 0 aromatic heterocycles. The third-order valence-electron chi connectivity index (χ3n) is 3.62. The summed E-state index contributed by atoms with van der Waals surface area (Å²) >= 11 is 12.9. The first-order chi connectivity index (χ1) is 11.5. The fourth-order valence-electron chi connectivity index (χ4n) is 2.39. The van der Waals surface area contributed by atoms with E-state index in [-0.39, 0.29) is 21.9 Å². The minimum Gasteiger partial charge on any atom is -0.507 e. The smallest absolute Gasteiger partial charge is 0.181 e. The fraction of sp³-hybridized carbons (Fsp3) is 0.235. The molecule has 1 N–H and O–H groups in total. The Morgan fingerprint density at radius 1 is 1.08 bits per heavy atom. The number of hydrogen-bond acceptors (Lipinski definition) is 4. The molecule has 126 valence electrons. The number of phenolic OH excluding ortho intramolecular Hbond substituents is 1. The van der Waals surface area contributed by atoms with E-state index in [9.17, 15) is 9.90 Å². The first-order valence-electron chi connectivity index (χ1n) is 7.18. The maximum Gasteiger partial charge on any atom is 0.181 e. The first kappa shape index (κ1) is 17.6. The van der Waals surface area contributed by atoms with Crippen molar-refractivity contribution in [3.8, 4) is 17.2 Å². The van der Waals surface area contributed by atoms with Crippen molar-refractivity contribution in [2.45, 2.75) is 9.65 Å². The van der Waals surface area contributed by atoms with Crippen LogP contribution in [0.25, 0.3) is 0 Å². The molecule has 0 amide bonds. The van der Waals surface area contributed by atoms with Gasteiger partial charge in [-0.25, -0.2) is 0 Å². The lowest BCUT2D eigenvalue weighted by Gasteiger charge is -2.21. The third-order valence-corrected chi connectivity index (χ3v) is 6.56. The summed E-state index contributed by atoms with van der Waals surface area (Å²) in [6, 6.07) is 9.92. The molecule has 0 aliphatic carbocycles. The van der Waals surface area contributed by atoms with Gasteiger partial charge in [-0.3, -0.25) is 4.79 Å². The summed E-state index contributed by atoms with van der Waals surface area (Å²) < 4.78 is 11.1. The number of ether oxygens (including phenoxy) is 2. The molecule has 2 atom stereocenters. The Balaban J connectivity index is 1.85. The minimum atomic E-state index is -0.593. The van der Waals surface area contributed by atoms with Crippen LogP contribution in [-0.2, 0) is 0 Å². The highest BCUT2D eigenvalue weighted by Gasteiger charge is 2.29. The lowest BCUT2D eigenvalue weighted by molar-refractivity contribution is 0.0988. The Hall–Kier alpha value is -1.24. The van der Waals surface area contributed by atoms with Gasteiger partial charge < -0.3 is 14.6 Å². The number of rotatable bonds is 4. The average molecular weight is 477 g/mol. The number of fused-ring (bicyclic) bond motifs is 1. The summed E-state index contributed by atoms with van der Waals surface area (Å²) in [5.74, 6) is 0.970. The first-order valence-corrected chi connectivity index (χ1v) is 9.38. The van der Waals surface area contributed by atoms with Gasteiger partial charge in [0.05, 0.1) is 15.2 Å². The summed E-state index contributed by atoms with van der Waals surface area (Å²) in [4.78, 5) is 11.8. The van der Waals surface area contributed by atoms with E-state index in [0.29, 0.717) is 29.7 Å². The molecular formula is C17H13Br2ClO4. The van der Waals surface area contributed by atoms with Gasteiger partial charge in [0.25, 0.3) is 0 Å². The highest BCUT2D eigenvalue weighted by Crippen LogP contribution is 2.39. The minimum absolute atomic E-state index is 0.101. The Morgan fingerprint density at radius 2 is 1.79 bits per heavy atom. The molecule has 0 unspecified atom stereocenters. The summed E-state index contributed by atoms with van der Waals surface area (Å²) in [7, 11) is 0. The summed E-state index contributed by atoms with van der Waals surface area (Å²) in [6.45, 7) is 1.02. The van der Waals surface area contributed by atoms with Crippen LogP contribution in [-0.4, -0.2) is 28.9 Å². The van der Waals surface area contributed by atoms with Gasteiger partial charge in [0.1, 0.15) is 19.0 Å². The van der Waals surface area contributed by atoms with Crippen molar-refractivity contribution < 1.29 is 19.4 Å². The highest BCUT2D eigenvalue weighted by molar-refractivity contribution is 9.12. The Bertz CT molecular complexity index is 781. The molecular weight excluding hydrogens is 463 g/mol. The van der Waals surface area contributed by atoms with E-state index in [0.717, 1.165) is 5.56 Å². The molecule has 24 heavy (non-hydrogen) atoms. The summed E-state index contributed by atoms with van der Waals surface area (Å²) in [6.07, 6.45) is 0. The molecule has 2 aromatic rings. The second-order valence-corrected chi connectivity index (χ2v) is 7.64. The van der Waals surface area contributed by atoms with Gasteiger partial charge in [0.15, 0.2) is 17.3 Å². The second-order valence-electron chi connectivity index (χ2n) is 5.23. The predicted octanol–water partition coefficient (Wildman–Crippen LogP) is 4.90.